The number of fused-ring (bicyclic) bond motifs is 2. The Bertz CT molecular complexity index is 912. The van der Waals surface area contributed by atoms with Crippen LogP contribution in [0.3, 0.4) is 0 Å². The maximum absolute atomic E-state index is 12.6. The van der Waals surface area contributed by atoms with E-state index in [1.807, 2.05) is 0 Å². The van der Waals surface area contributed by atoms with Crippen LogP contribution < -0.4 is 5.32 Å². The summed E-state index contributed by atoms with van der Waals surface area (Å²) in [5.74, 6) is 3.30. The van der Waals surface area contributed by atoms with Crippen molar-refractivity contribution >= 4 is 23.5 Å². The summed E-state index contributed by atoms with van der Waals surface area (Å²) in [4.78, 5) is 33.6. The third kappa shape index (κ3) is 4.25. The zero-order valence-corrected chi connectivity index (χ0v) is 17.9. The summed E-state index contributed by atoms with van der Waals surface area (Å²) in [7, 11) is 0. The van der Waals surface area contributed by atoms with E-state index in [-0.39, 0.29) is 23.5 Å². The number of rotatable bonds is 7. The monoisotopic (exact) mass is 413 g/mol. The minimum absolute atomic E-state index is 0.0180. The number of carbonyl (C=O) groups is 2. The van der Waals surface area contributed by atoms with Gasteiger partial charge in [-0.15, -0.1) is 0 Å². The van der Waals surface area contributed by atoms with Gasteiger partial charge in [0, 0.05) is 6.04 Å². The molecule has 154 valence electrons. The molecule has 4 rings (SSSR count). The van der Waals surface area contributed by atoms with Gasteiger partial charge in [-0.1, -0.05) is 18.2 Å². The number of furan rings is 1. The van der Waals surface area contributed by atoms with Crippen LogP contribution in [0, 0.1) is 24.7 Å². The number of ketones is 1. The first-order chi connectivity index (χ1) is 13.9. The molecule has 2 bridgehead atoms. The molecule has 0 aromatic carbocycles. The number of hydrogen-bond acceptors (Lipinski definition) is 6. The van der Waals surface area contributed by atoms with E-state index >= 15 is 0 Å². The van der Waals surface area contributed by atoms with Crippen LogP contribution in [0.1, 0.15) is 55.6 Å². The lowest BCUT2D eigenvalue weighted by Gasteiger charge is -2.28. The number of hydrogen-bond donors (Lipinski definition) is 1. The summed E-state index contributed by atoms with van der Waals surface area (Å²) >= 11 is 1.28. The van der Waals surface area contributed by atoms with Crippen LogP contribution >= 0.6 is 11.8 Å². The Hall–Kier alpha value is -2.15. The summed E-state index contributed by atoms with van der Waals surface area (Å²) in [5, 5.41) is 3.70. The summed E-state index contributed by atoms with van der Waals surface area (Å²) in [5.41, 5.74) is 1.07. The van der Waals surface area contributed by atoms with Gasteiger partial charge in [-0.25, -0.2) is 9.97 Å². The van der Waals surface area contributed by atoms with E-state index in [1.54, 1.807) is 25.3 Å². The number of aromatic nitrogens is 2. The van der Waals surface area contributed by atoms with Crippen LogP contribution in [-0.2, 0) is 4.79 Å². The zero-order chi connectivity index (χ0) is 20.5. The van der Waals surface area contributed by atoms with Gasteiger partial charge in [0.25, 0.3) is 0 Å². The van der Waals surface area contributed by atoms with Crippen molar-refractivity contribution < 1.29 is 14.0 Å². The zero-order valence-electron chi connectivity index (χ0n) is 17.1. The second-order valence-electron chi connectivity index (χ2n) is 8.33. The predicted molar refractivity (Wildman–Crippen MR) is 112 cm³/mol. The van der Waals surface area contributed by atoms with E-state index in [0.717, 1.165) is 11.8 Å². The van der Waals surface area contributed by atoms with Gasteiger partial charge < -0.3 is 9.73 Å². The van der Waals surface area contributed by atoms with Gasteiger partial charge in [0.2, 0.25) is 5.91 Å². The van der Waals surface area contributed by atoms with Gasteiger partial charge in [0.15, 0.2) is 17.4 Å². The molecule has 4 atom stereocenters. The largest absolute Gasteiger partial charge is 0.461 e. The van der Waals surface area contributed by atoms with E-state index in [9.17, 15) is 9.59 Å². The Morgan fingerprint density at radius 3 is 2.76 bits per heavy atom. The average Bonchev–Trinajstić information content (AvgIpc) is 3.43. The van der Waals surface area contributed by atoms with Gasteiger partial charge in [-0.05, 0) is 69.9 Å². The van der Waals surface area contributed by atoms with E-state index in [4.69, 9.17) is 4.42 Å². The van der Waals surface area contributed by atoms with Crippen molar-refractivity contribution in [3.8, 4) is 11.6 Å². The topological polar surface area (TPSA) is 85.1 Å². The van der Waals surface area contributed by atoms with Crippen molar-refractivity contribution in [1.82, 2.24) is 15.3 Å². The molecule has 29 heavy (non-hydrogen) atoms. The quantitative estimate of drug-likeness (QED) is 0.414. The third-order valence-corrected chi connectivity index (χ3v) is 7.29. The van der Waals surface area contributed by atoms with Gasteiger partial charge in [-0.2, -0.15) is 0 Å². The number of thioether (sulfide) groups is 1. The number of Topliss-reactive ketones (excluding diaryl/α,β-unsaturated/α-hetero) is 1. The molecule has 2 aliphatic carbocycles. The average molecular weight is 414 g/mol. The second-order valence-corrected chi connectivity index (χ2v) is 9.29. The van der Waals surface area contributed by atoms with E-state index in [2.05, 4.69) is 22.2 Å². The van der Waals surface area contributed by atoms with Crippen LogP contribution in [-0.4, -0.2) is 33.5 Å². The Morgan fingerprint density at radius 2 is 2.14 bits per heavy atom. The highest BCUT2D eigenvalue weighted by Crippen LogP contribution is 2.49. The minimum atomic E-state index is -0.105. The molecule has 0 aliphatic heterocycles. The SMILES string of the molecule is CC(=O)c1c(C)nc(-c2ccco2)nc1SCC(=O)NC(C)C1CC2CCC1C2. The van der Waals surface area contributed by atoms with E-state index in [1.165, 1.54) is 44.4 Å². The number of aryl methyl sites for hydroxylation is 1. The third-order valence-electron chi connectivity index (χ3n) is 6.31. The molecule has 2 aromatic heterocycles. The fourth-order valence-corrected chi connectivity index (χ4v) is 5.95. The fraction of sp³-hybridized carbons (Fsp3) is 0.545. The normalized spacial score (nSPS) is 23.9. The van der Waals surface area contributed by atoms with E-state index in [0.29, 0.717) is 33.8 Å². The lowest BCUT2D eigenvalue weighted by atomic mass is 9.84. The Kier molecular flexibility index (Phi) is 5.76. The van der Waals surface area contributed by atoms with Crippen molar-refractivity contribution in [2.45, 2.75) is 57.5 Å². The molecule has 4 unspecified atom stereocenters. The second kappa shape index (κ2) is 8.30. The number of nitrogens with one attached hydrogen (secondary N) is 1. The van der Waals surface area contributed by atoms with Crippen LogP contribution in [0.4, 0.5) is 0 Å². The van der Waals surface area contributed by atoms with Gasteiger partial charge >= 0.3 is 0 Å². The molecular formula is C22H27N3O3S. The van der Waals surface area contributed by atoms with E-state index < -0.39 is 0 Å². The number of carbonyl (C=O) groups excluding carboxylic acids is 2. The lowest BCUT2D eigenvalue weighted by Crippen LogP contribution is -2.40. The molecule has 2 aliphatic rings. The summed E-state index contributed by atoms with van der Waals surface area (Å²) in [6.45, 7) is 5.41. The summed E-state index contributed by atoms with van der Waals surface area (Å²) in [6, 6.07) is 3.74. The molecule has 2 heterocycles. The lowest BCUT2D eigenvalue weighted by molar-refractivity contribution is -0.119. The molecular weight excluding hydrogens is 386 g/mol. The molecule has 0 saturated heterocycles. The van der Waals surface area contributed by atoms with Gasteiger partial charge in [0.1, 0.15) is 5.03 Å². The first-order valence-corrected chi connectivity index (χ1v) is 11.3. The molecule has 1 amide bonds. The summed E-state index contributed by atoms with van der Waals surface area (Å²) < 4.78 is 5.39. The Morgan fingerprint density at radius 1 is 1.31 bits per heavy atom. The first kappa shape index (κ1) is 20.1. The van der Waals surface area contributed by atoms with Crippen LogP contribution in [0.5, 0.6) is 0 Å². The molecule has 2 aromatic rings. The smallest absolute Gasteiger partial charge is 0.230 e. The van der Waals surface area contributed by atoms with Crippen molar-refractivity contribution in [1.29, 1.82) is 0 Å². The molecule has 2 saturated carbocycles. The standard InChI is InChI=1S/C22H27N3O3S/c1-12(17-10-15-6-7-16(17)9-15)23-19(27)11-29-22-20(14(3)26)13(2)24-21(25-22)18-5-4-8-28-18/h4-5,8,12,15-17H,6-7,9-11H2,1-3H3,(H,23,27). The highest BCUT2D eigenvalue weighted by atomic mass is 32.2. The van der Waals surface area contributed by atoms with Crippen molar-refractivity contribution in [2.75, 3.05) is 5.75 Å². The maximum Gasteiger partial charge on any atom is 0.230 e. The van der Waals surface area contributed by atoms with Crippen LogP contribution in [0.15, 0.2) is 27.8 Å². The highest BCUT2D eigenvalue weighted by molar-refractivity contribution is 8.00. The van der Waals surface area contributed by atoms with Crippen molar-refractivity contribution in [3.63, 3.8) is 0 Å². The van der Waals surface area contributed by atoms with Gasteiger partial charge in [0.05, 0.1) is 23.3 Å². The molecule has 2 fully saturated rings. The predicted octanol–water partition coefficient (Wildman–Crippen LogP) is 4.28. The molecule has 6 nitrogen and oxygen atoms in total. The Labute approximate surface area is 175 Å². The highest BCUT2D eigenvalue weighted by Gasteiger charge is 2.42. The van der Waals surface area contributed by atoms with Crippen molar-refractivity contribution in [2.24, 2.45) is 17.8 Å². The minimum Gasteiger partial charge on any atom is -0.461 e. The molecule has 7 heteroatoms. The van der Waals surface area contributed by atoms with Crippen LogP contribution in [0.2, 0.25) is 0 Å². The Balaban J connectivity index is 1.44. The number of nitrogens with zero attached hydrogens (tertiary/aromatic N) is 2. The van der Waals surface area contributed by atoms with Crippen LogP contribution in [0.25, 0.3) is 11.6 Å². The molecule has 0 spiro atoms. The molecule has 0 radical (unpaired) electrons. The van der Waals surface area contributed by atoms with Crippen molar-refractivity contribution in [3.05, 3.63) is 29.7 Å². The first-order valence-electron chi connectivity index (χ1n) is 10.3. The number of amides is 1. The maximum atomic E-state index is 12.6. The fourth-order valence-electron chi connectivity index (χ4n) is 5.02. The molecule has 1 N–H and O–H groups in total. The van der Waals surface area contributed by atoms with Gasteiger partial charge in [-0.3, -0.25) is 9.59 Å². The summed E-state index contributed by atoms with van der Waals surface area (Å²) in [6.07, 6.45) is 6.80.